The Morgan fingerprint density at radius 3 is 1.85 bits per heavy atom. The van der Waals surface area contributed by atoms with E-state index in [0.717, 1.165) is 5.56 Å². The first-order chi connectivity index (χ1) is 9.63. The van der Waals surface area contributed by atoms with Gasteiger partial charge < -0.3 is 0 Å². The molecule has 0 saturated heterocycles. The van der Waals surface area contributed by atoms with Crippen LogP contribution in [0.2, 0.25) is 0 Å². The molecular weight excluding hydrogens is 248 g/mol. The molecule has 102 valence electrons. The normalized spacial score (nSPS) is 11.9. The Bertz CT molecular complexity index is 597. The molecule has 0 bridgehead atoms. The first-order valence-electron chi connectivity index (χ1n) is 6.83. The predicted octanol–water partition coefficient (Wildman–Crippen LogP) is 4.09. The molecule has 20 heavy (non-hydrogen) atoms. The fraction of sp³-hybridized carbons (Fsp3) is 0.222. The third-order valence-corrected chi connectivity index (χ3v) is 3.44. The van der Waals surface area contributed by atoms with Gasteiger partial charge in [0.1, 0.15) is 0 Å². The largest absolute Gasteiger partial charge is 0.293 e. The van der Waals surface area contributed by atoms with Crippen LogP contribution in [0.4, 0.5) is 0 Å². The van der Waals surface area contributed by atoms with Gasteiger partial charge in [-0.2, -0.15) is 0 Å². The van der Waals surface area contributed by atoms with Crippen molar-refractivity contribution in [3.8, 4) is 0 Å². The van der Waals surface area contributed by atoms with E-state index in [2.05, 4.69) is 0 Å². The molecule has 2 nitrogen and oxygen atoms in total. The molecule has 0 amide bonds. The van der Waals surface area contributed by atoms with E-state index >= 15 is 0 Å². The van der Waals surface area contributed by atoms with Crippen LogP contribution < -0.4 is 0 Å². The molecule has 0 saturated carbocycles. The van der Waals surface area contributed by atoms with Gasteiger partial charge in [0, 0.05) is 11.1 Å². The summed E-state index contributed by atoms with van der Waals surface area (Å²) in [5.41, 5.74) is 2.30. The van der Waals surface area contributed by atoms with Gasteiger partial charge in [0.2, 0.25) is 0 Å². The summed E-state index contributed by atoms with van der Waals surface area (Å²) in [6.45, 7) is 3.85. The van der Waals surface area contributed by atoms with Crippen LogP contribution >= 0.6 is 0 Å². The van der Waals surface area contributed by atoms with Crippen LogP contribution in [0, 0.1) is 12.8 Å². The van der Waals surface area contributed by atoms with Crippen molar-refractivity contribution in [1.29, 1.82) is 0 Å². The van der Waals surface area contributed by atoms with E-state index in [1.807, 2.05) is 44.2 Å². The summed E-state index contributed by atoms with van der Waals surface area (Å²) < 4.78 is 0. The lowest BCUT2D eigenvalue weighted by molar-refractivity contribution is 0.0804. The topological polar surface area (TPSA) is 34.1 Å². The van der Waals surface area contributed by atoms with Gasteiger partial charge in [0.25, 0.3) is 0 Å². The molecule has 0 aliphatic rings. The van der Waals surface area contributed by atoms with Crippen molar-refractivity contribution in [3.05, 3.63) is 71.3 Å². The molecule has 0 heterocycles. The summed E-state index contributed by atoms with van der Waals surface area (Å²) in [5, 5.41) is 0. The lowest BCUT2D eigenvalue weighted by Gasteiger charge is -2.13. The highest BCUT2D eigenvalue weighted by molar-refractivity contribution is 6.16. The van der Waals surface area contributed by atoms with Gasteiger partial charge in [0.15, 0.2) is 11.6 Å². The molecule has 0 radical (unpaired) electrons. The third-order valence-electron chi connectivity index (χ3n) is 3.44. The Labute approximate surface area is 119 Å². The molecule has 2 heteroatoms. The number of carbonyl (C=O) groups excluding carboxylic acids is 2. The second kappa shape index (κ2) is 6.29. The number of hydrogen-bond donors (Lipinski definition) is 0. The van der Waals surface area contributed by atoms with E-state index in [0.29, 0.717) is 17.5 Å². The first-order valence-corrected chi connectivity index (χ1v) is 6.83. The third kappa shape index (κ3) is 3.02. The monoisotopic (exact) mass is 266 g/mol. The Kier molecular flexibility index (Phi) is 4.46. The Morgan fingerprint density at radius 1 is 0.850 bits per heavy atom. The molecule has 2 aromatic carbocycles. The highest BCUT2D eigenvalue weighted by Gasteiger charge is 2.26. The predicted molar refractivity (Wildman–Crippen MR) is 80.1 cm³/mol. The molecule has 2 rings (SSSR count). The van der Waals surface area contributed by atoms with Crippen molar-refractivity contribution in [1.82, 2.24) is 0 Å². The maximum Gasteiger partial charge on any atom is 0.173 e. The Morgan fingerprint density at radius 2 is 1.35 bits per heavy atom. The minimum absolute atomic E-state index is 0.0960. The second-order valence-corrected chi connectivity index (χ2v) is 4.92. The number of carbonyl (C=O) groups is 2. The number of rotatable bonds is 5. The molecule has 1 atom stereocenters. The minimum Gasteiger partial charge on any atom is -0.293 e. The highest BCUT2D eigenvalue weighted by atomic mass is 16.1. The SMILES string of the molecule is CCC(C(=O)c1ccccc1)C(=O)c1ccc(C)cc1. The molecule has 0 N–H and O–H groups in total. The molecule has 0 fully saturated rings. The van der Waals surface area contributed by atoms with Crippen LogP contribution in [-0.4, -0.2) is 11.6 Å². The van der Waals surface area contributed by atoms with Crippen molar-refractivity contribution in [2.75, 3.05) is 0 Å². The highest BCUT2D eigenvalue weighted by Crippen LogP contribution is 2.18. The lowest BCUT2D eigenvalue weighted by atomic mass is 9.88. The van der Waals surface area contributed by atoms with Gasteiger partial charge in [-0.25, -0.2) is 0 Å². The molecule has 0 aliphatic heterocycles. The van der Waals surface area contributed by atoms with E-state index in [4.69, 9.17) is 0 Å². The summed E-state index contributed by atoms with van der Waals surface area (Å²) in [5.74, 6) is -0.792. The van der Waals surface area contributed by atoms with Crippen molar-refractivity contribution >= 4 is 11.6 Å². The van der Waals surface area contributed by atoms with Crippen LogP contribution in [0.1, 0.15) is 39.6 Å². The molecule has 0 aromatic heterocycles. The van der Waals surface area contributed by atoms with Gasteiger partial charge in [-0.15, -0.1) is 0 Å². The summed E-state index contributed by atoms with van der Waals surface area (Å²) in [6, 6.07) is 16.4. The average Bonchev–Trinajstić information content (AvgIpc) is 2.49. The lowest BCUT2D eigenvalue weighted by Crippen LogP contribution is -2.23. The summed E-state index contributed by atoms with van der Waals surface area (Å²) in [4.78, 5) is 24.9. The van der Waals surface area contributed by atoms with Crippen molar-refractivity contribution in [2.24, 2.45) is 5.92 Å². The first kappa shape index (κ1) is 14.2. The van der Waals surface area contributed by atoms with Crippen LogP contribution in [0.25, 0.3) is 0 Å². The molecule has 0 spiro atoms. The maximum atomic E-state index is 12.5. The molecule has 2 aromatic rings. The van der Waals surface area contributed by atoms with Gasteiger partial charge in [-0.05, 0) is 13.3 Å². The smallest absolute Gasteiger partial charge is 0.173 e. The van der Waals surface area contributed by atoms with E-state index in [1.165, 1.54) is 0 Å². The van der Waals surface area contributed by atoms with E-state index in [1.54, 1.807) is 24.3 Å². The molecule has 1 unspecified atom stereocenters. The number of hydrogen-bond acceptors (Lipinski definition) is 2. The summed E-state index contributed by atoms with van der Waals surface area (Å²) in [6.07, 6.45) is 0.514. The van der Waals surface area contributed by atoms with E-state index < -0.39 is 5.92 Å². The quantitative estimate of drug-likeness (QED) is 0.603. The summed E-state index contributed by atoms with van der Waals surface area (Å²) >= 11 is 0. The zero-order valence-electron chi connectivity index (χ0n) is 11.8. The van der Waals surface area contributed by atoms with Crippen LogP contribution in [0.15, 0.2) is 54.6 Å². The number of benzene rings is 2. The summed E-state index contributed by atoms with van der Waals surface area (Å²) in [7, 11) is 0. The van der Waals surface area contributed by atoms with E-state index in [-0.39, 0.29) is 11.6 Å². The Hall–Kier alpha value is -2.22. The zero-order valence-corrected chi connectivity index (χ0v) is 11.8. The van der Waals surface area contributed by atoms with Crippen molar-refractivity contribution in [2.45, 2.75) is 20.3 Å². The van der Waals surface area contributed by atoms with E-state index in [9.17, 15) is 9.59 Å². The van der Waals surface area contributed by atoms with Gasteiger partial charge in [0.05, 0.1) is 5.92 Å². The maximum absolute atomic E-state index is 12.5. The standard InChI is InChI=1S/C18H18O2/c1-3-16(17(19)14-7-5-4-6-8-14)18(20)15-11-9-13(2)10-12-15/h4-12,16H,3H2,1-2H3. The fourth-order valence-corrected chi connectivity index (χ4v) is 2.21. The van der Waals surface area contributed by atoms with Crippen LogP contribution in [0.5, 0.6) is 0 Å². The Balaban J connectivity index is 2.26. The number of Topliss-reactive ketones (excluding diaryl/α,β-unsaturated/α-hetero) is 2. The van der Waals surface area contributed by atoms with Gasteiger partial charge in [-0.1, -0.05) is 67.1 Å². The van der Waals surface area contributed by atoms with Crippen molar-refractivity contribution in [3.63, 3.8) is 0 Å². The number of aryl methyl sites for hydroxylation is 1. The average molecular weight is 266 g/mol. The van der Waals surface area contributed by atoms with Gasteiger partial charge >= 0.3 is 0 Å². The van der Waals surface area contributed by atoms with Crippen LogP contribution in [0.3, 0.4) is 0 Å². The second-order valence-electron chi connectivity index (χ2n) is 4.92. The fourth-order valence-electron chi connectivity index (χ4n) is 2.21. The van der Waals surface area contributed by atoms with Crippen molar-refractivity contribution < 1.29 is 9.59 Å². The number of ketones is 2. The zero-order chi connectivity index (χ0) is 14.5. The molecular formula is C18H18O2. The molecule has 0 aliphatic carbocycles. The van der Waals surface area contributed by atoms with Crippen LogP contribution in [-0.2, 0) is 0 Å². The minimum atomic E-state index is -0.597. The van der Waals surface area contributed by atoms with Gasteiger partial charge in [-0.3, -0.25) is 9.59 Å².